The van der Waals surface area contributed by atoms with E-state index in [9.17, 15) is 9.59 Å². The highest BCUT2D eigenvalue weighted by Crippen LogP contribution is 2.28. The lowest BCUT2D eigenvalue weighted by atomic mass is 10.1. The highest BCUT2D eigenvalue weighted by molar-refractivity contribution is 9.10. The van der Waals surface area contributed by atoms with Gasteiger partial charge in [-0.2, -0.15) is 0 Å². The van der Waals surface area contributed by atoms with Gasteiger partial charge in [-0.05, 0) is 12.1 Å². The van der Waals surface area contributed by atoms with Crippen LogP contribution in [0.25, 0.3) is 11.3 Å². The van der Waals surface area contributed by atoms with Crippen molar-refractivity contribution in [1.29, 1.82) is 0 Å². The number of guanidine groups is 1. The smallest absolute Gasteiger partial charge is 0.255 e. The van der Waals surface area contributed by atoms with Gasteiger partial charge in [0.2, 0.25) is 11.9 Å². The summed E-state index contributed by atoms with van der Waals surface area (Å²) >= 11 is 4.78. The molecule has 9 nitrogen and oxygen atoms in total. The first-order valence-corrected chi connectivity index (χ1v) is 11.1. The van der Waals surface area contributed by atoms with E-state index in [0.717, 1.165) is 22.3 Å². The van der Waals surface area contributed by atoms with Gasteiger partial charge in [0.25, 0.3) is 5.91 Å². The van der Waals surface area contributed by atoms with Crippen LogP contribution in [0.1, 0.15) is 0 Å². The van der Waals surface area contributed by atoms with Gasteiger partial charge in [-0.15, -0.1) is 11.3 Å². The average Bonchev–Trinajstić information content (AvgIpc) is 3.46. The molecule has 0 saturated carbocycles. The van der Waals surface area contributed by atoms with Gasteiger partial charge in [0.15, 0.2) is 17.3 Å². The third-order valence-corrected chi connectivity index (χ3v) is 6.56. The van der Waals surface area contributed by atoms with Crippen molar-refractivity contribution in [2.45, 2.75) is 12.2 Å². The maximum atomic E-state index is 12.8. The zero-order valence-corrected chi connectivity index (χ0v) is 18.4. The molecule has 1 N–H and O–H groups in total. The van der Waals surface area contributed by atoms with E-state index in [-0.39, 0.29) is 24.5 Å². The lowest BCUT2D eigenvalue weighted by Gasteiger charge is -2.41. The SMILES string of the molecule is CN1C(=O)C2C(N=CN2CC(=O)Nc2nc(-c3ccc(Br)cc3)cs2)N2CCN=C12. The highest BCUT2D eigenvalue weighted by Gasteiger charge is 2.49. The second kappa shape index (κ2) is 7.47. The van der Waals surface area contributed by atoms with Crippen LogP contribution in [0, 0.1) is 0 Å². The predicted octanol–water partition coefficient (Wildman–Crippen LogP) is 1.69. The summed E-state index contributed by atoms with van der Waals surface area (Å²) < 4.78 is 0.996. The topological polar surface area (TPSA) is 93.5 Å². The maximum absolute atomic E-state index is 12.8. The largest absolute Gasteiger partial charge is 0.338 e. The molecule has 30 heavy (non-hydrogen) atoms. The molecule has 0 radical (unpaired) electrons. The molecule has 0 aliphatic carbocycles. The molecule has 2 aromatic rings. The van der Waals surface area contributed by atoms with E-state index in [1.54, 1.807) is 23.2 Å². The fourth-order valence-corrected chi connectivity index (χ4v) is 4.84. The number of hydrogen-bond acceptors (Lipinski definition) is 8. The van der Waals surface area contributed by atoms with Gasteiger partial charge in [-0.25, -0.2) is 9.98 Å². The molecule has 5 rings (SSSR count). The van der Waals surface area contributed by atoms with Crippen LogP contribution in [0.4, 0.5) is 5.13 Å². The van der Waals surface area contributed by atoms with E-state index in [0.29, 0.717) is 17.6 Å². The number of benzene rings is 1. The number of aliphatic imine (C=N–C) groups is 2. The molecule has 0 bridgehead atoms. The number of nitrogens with zero attached hydrogens (tertiary/aromatic N) is 6. The Balaban J connectivity index is 1.25. The summed E-state index contributed by atoms with van der Waals surface area (Å²) in [6.45, 7) is 1.40. The van der Waals surface area contributed by atoms with Crippen molar-refractivity contribution < 1.29 is 9.59 Å². The molecule has 2 amide bonds. The van der Waals surface area contributed by atoms with Gasteiger partial charge in [0.1, 0.15) is 0 Å². The minimum absolute atomic E-state index is 0.0256. The number of aromatic nitrogens is 1. The summed E-state index contributed by atoms with van der Waals surface area (Å²) in [4.78, 5) is 44.1. The molecule has 0 spiro atoms. The van der Waals surface area contributed by atoms with E-state index in [1.807, 2.05) is 34.5 Å². The Morgan fingerprint density at radius 1 is 1.33 bits per heavy atom. The first kappa shape index (κ1) is 19.2. The zero-order valence-electron chi connectivity index (χ0n) is 16.0. The van der Waals surface area contributed by atoms with Crippen molar-refractivity contribution in [1.82, 2.24) is 19.7 Å². The van der Waals surface area contributed by atoms with E-state index in [2.05, 4.69) is 36.2 Å². The van der Waals surface area contributed by atoms with Crippen LogP contribution in [0.5, 0.6) is 0 Å². The fourth-order valence-electron chi connectivity index (χ4n) is 3.84. The minimum Gasteiger partial charge on any atom is -0.338 e. The quantitative estimate of drug-likeness (QED) is 0.708. The Morgan fingerprint density at radius 3 is 2.93 bits per heavy atom. The molecule has 1 aromatic heterocycles. The highest BCUT2D eigenvalue weighted by atomic mass is 79.9. The Kier molecular flexibility index (Phi) is 4.78. The number of carbonyl (C=O) groups is 2. The van der Waals surface area contributed by atoms with Gasteiger partial charge in [-0.3, -0.25) is 19.5 Å². The molecular formula is C19H18BrN7O2S. The van der Waals surface area contributed by atoms with Gasteiger partial charge in [-0.1, -0.05) is 28.1 Å². The standard InChI is InChI=1S/C19H18BrN7O2S/c1-25-17(29)15-16(27-7-6-21-19(25)27)22-10-26(15)8-14(28)24-18-23-13(9-30-18)11-2-4-12(20)5-3-11/h2-5,9-10,15-16H,6-8H2,1H3,(H,23,24,28). The van der Waals surface area contributed by atoms with Crippen LogP contribution in [-0.2, 0) is 9.59 Å². The second-order valence-corrected chi connectivity index (χ2v) is 8.93. The molecule has 4 heterocycles. The van der Waals surface area contributed by atoms with Crippen molar-refractivity contribution in [2.75, 3.05) is 32.0 Å². The normalized spacial score (nSPS) is 22.3. The summed E-state index contributed by atoms with van der Waals surface area (Å²) in [7, 11) is 1.71. The number of thiazole rings is 1. The number of fused-ring (bicyclic) bond motifs is 3. The van der Waals surface area contributed by atoms with Gasteiger partial charge >= 0.3 is 0 Å². The number of rotatable bonds is 4. The molecule has 154 valence electrons. The molecule has 11 heteroatoms. The predicted molar refractivity (Wildman–Crippen MR) is 118 cm³/mol. The summed E-state index contributed by atoms with van der Waals surface area (Å²) in [6.07, 6.45) is 1.27. The Hall–Kier alpha value is -2.79. The number of hydrogen-bond donors (Lipinski definition) is 1. The molecular weight excluding hydrogens is 470 g/mol. The lowest BCUT2D eigenvalue weighted by molar-refractivity contribution is -0.134. The number of amides is 2. The van der Waals surface area contributed by atoms with Crippen LogP contribution >= 0.6 is 27.3 Å². The Labute approximate surface area is 185 Å². The van der Waals surface area contributed by atoms with Crippen molar-refractivity contribution in [3.05, 3.63) is 34.1 Å². The second-order valence-electron chi connectivity index (χ2n) is 7.16. The van der Waals surface area contributed by atoms with Crippen LogP contribution in [-0.4, -0.2) is 82.7 Å². The van der Waals surface area contributed by atoms with Gasteiger partial charge < -0.3 is 15.1 Å². The van der Waals surface area contributed by atoms with E-state index >= 15 is 0 Å². The molecule has 2 atom stereocenters. The fraction of sp³-hybridized carbons (Fsp3) is 0.316. The summed E-state index contributed by atoms with van der Waals surface area (Å²) in [5.41, 5.74) is 1.78. The van der Waals surface area contributed by atoms with Crippen LogP contribution < -0.4 is 5.32 Å². The average molecular weight is 488 g/mol. The molecule has 3 aliphatic heterocycles. The van der Waals surface area contributed by atoms with Crippen LogP contribution in [0.2, 0.25) is 0 Å². The van der Waals surface area contributed by atoms with Crippen LogP contribution in [0.15, 0.2) is 44.1 Å². The number of likely N-dealkylation sites (N-methyl/N-ethyl adjacent to an activating group) is 1. The Morgan fingerprint density at radius 2 is 2.13 bits per heavy atom. The number of halogens is 1. The summed E-state index contributed by atoms with van der Waals surface area (Å²) in [5, 5.41) is 5.25. The number of carbonyl (C=O) groups excluding carboxylic acids is 2. The number of anilines is 1. The first-order valence-electron chi connectivity index (χ1n) is 9.40. The minimum atomic E-state index is -0.521. The maximum Gasteiger partial charge on any atom is 0.255 e. The third-order valence-electron chi connectivity index (χ3n) is 5.28. The molecule has 1 saturated heterocycles. The summed E-state index contributed by atoms with van der Waals surface area (Å²) in [5.74, 6) is 0.317. The zero-order chi connectivity index (χ0) is 20.8. The molecule has 2 unspecified atom stereocenters. The van der Waals surface area contributed by atoms with Crippen molar-refractivity contribution in [3.63, 3.8) is 0 Å². The molecule has 3 aliphatic rings. The molecule has 1 aromatic carbocycles. The molecule has 1 fully saturated rings. The van der Waals surface area contributed by atoms with E-state index in [1.165, 1.54) is 11.3 Å². The van der Waals surface area contributed by atoms with Gasteiger partial charge in [0, 0.05) is 29.0 Å². The van der Waals surface area contributed by atoms with E-state index < -0.39 is 6.04 Å². The van der Waals surface area contributed by atoms with Crippen molar-refractivity contribution in [2.24, 2.45) is 9.98 Å². The van der Waals surface area contributed by atoms with E-state index in [4.69, 9.17) is 0 Å². The Bertz CT molecular complexity index is 1070. The van der Waals surface area contributed by atoms with Crippen molar-refractivity contribution >= 4 is 56.5 Å². The van der Waals surface area contributed by atoms with Crippen molar-refractivity contribution in [3.8, 4) is 11.3 Å². The number of nitrogens with one attached hydrogen (secondary N) is 1. The summed E-state index contributed by atoms with van der Waals surface area (Å²) in [6, 6.07) is 7.31. The lowest BCUT2D eigenvalue weighted by Crippen LogP contribution is -2.64. The first-order chi connectivity index (χ1) is 14.5. The van der Waals surface area contributed by atoms with Crippen LogP contribution in [0.3, 0.4) is 0 Å². The third kappa shape index (κ3) is 3.27. The monoisotopic (exact) mass is 487 g/mol. The van der Waals surface area contributed by atoms with Gasteiger partial charge in [0.05, 0.1) is 25.1 Å².